The van der Waals surface area contributed by atoms with E-state index in [4.69, 9.17) is 4.74 Å². The molecule has 2 heterocycles. The molecular weight excluding hydrogens is 410 g/mol. The van der Waals surface area contributed by atoms with E-state index in [0.29, 0.717) is 6.61 Å². The van der Waals surface area contributed by atoms with E-state index in [1.54, 1.807) is 12.4 Å². The molecule has 1 aliphatic heterocycles. The first-order valence-corrected chi connectivity index (χ1v) is 10.6. The van der Waals surface area contributed by atoms with Crippen molar-refractivity contribution in [2.75, 3.05) is 31.1 Å². The third kappa shape index (κ3) is 5.98. The number of rotatable bonds is 9. The summed E-state index contributed by atoms with van der Waals surface area (Å²) in [6, 6.07) is 22.4. The molecule has 0 saturated carbocycles. The molecular formula is C25H28ClN3O2. The number of carbonyl (C=O) groups excluding carboxylic acids is 1. The second-order valence-corrected chi connectivity index (χ2v) is 7.43. The van der Waals surface area contributed by atoms with Crippen molar-refractivity contribution in [2.45, 2.75) is 19.3 Å². The quantitative estimate of drug-likeness (QED) is 0.405. The molecule has 0 bridgehead atoms. The second kappa shape index (κ2) is 11.4. The number of urea groups is 1. The summed E-state index contributed by atoms with van der Waals surface area (Å²) in [7, 11) is 0. The van der Waals surface area contributed by atoms with Gasteiger partial charge in [-0.1, -0.05) is 42.5 Å². The lowest BCUT2D eigenvalue weighted by Gasteiger charge is -2.18. The number of benzene rings is 2. The Morgan fingerprint density at radius 3 is 2.26 bits per heavy atom. The van der Waals surface area contributed by atoms with Crippen LogP contribution in [0.1, 0.15) is 19.3 Å². The Bertz CT molecular complexity index is 936. The summed E-state index contributed by atoms with van der Waals surface area (Å²) in [5.41, 5.74) is 3.33. The van der Waals surface area contributed by atoms with Crippen molar-refractivity contribution < 1.29 is 9.53 Å². The zero-order valence-corrected chi connectivity index (χ0v) is 18.3. The van der Waals surface area contributed by atoms with Gasteiger partial charge in [0, 0.05) is 37.7 Å². The highest BCUT2D eigenvalue weighted by Gasteiger charge is 2.28. The molecule has 0 spiro atoms. The Morgan fingerprint density at radius 2 is 1.52 bits per heavy atom. The number of nitrogens with zero attached hydrogens (tertiary/aromatic N) is 3. The smallest absolute Gasteiger partial charge is 0.324 e. The summed E-state index contributed by atoms with van der Waals surface area (Å²) in [4.78, 5) is 20.3. The third-order valence-corrected chi connectivity index (χ3v) is 5.37. The first-order chi connectivity index (χ1) is 14.8. The van der Waals surface area contributed by atoms with Crippen molar-refractivity contribution in [3.05, 3.63) is 79.1 Å². The van der Waals surface area contributed by atoms with E-state index in [9.17, 15) is 4.79 Å². The molecule has 1 fully saturated rings. The summed E-state index contributed by atoms with van der Waals surface area (Å²) in [5.74, 6) is 0.900. The largest absolute Gasteiger partial charge is 0.494 e. The van der Waals surface area contributed by atoms with Gasteiger partial charge in [0.15, 0.2) is 0 Å². The van der Waals surface area contributed by atoms with Crippen LogP contribution in [-0.2, 0) is 0 Å². The molecule has 6 heteroatoms. The number of carbonyl (C=O) groups is 1. The topological polar surface area (TPSA) is 45.7 Å². The van der Waals surface area contributed by atoms with E-state index in [1.807, 2.05) is 52.3 Å². The van der Waals surface area contributed by atoms with Crippen LogP contribution < -0.4 is 9.64 Å². The van der Waals surface area contributed by atoms with Gasteiger partial charge in [0.25, 0.3) is 0 Å². The molecule has 0 atom stereocenters. The van der Waals surface area contributed by atoms with Gasteiger partial charge in [0.2, 0.25) is 0 Å². The molecule has 5 nitrogen and oxygen atoms in total. The van der Waals surface area contributed by atoms with Gasteiger partial charge < -0.3 is 9.64 Å². The predicted octanol–water partition coefficient (Wildman–Crippen LogP) is 5.66. The fourth-order valence-electron chi connectivity index (χ4n) is 3.70. The Morgan fingerprint density at radius 1 is 0.806 bits per heavy atom. The lowest BCUT2D eigenvalue weighted by molar-refractivity contribution is 0.219. The maximum absolute atomic E-state index is 12.5. The average molecular weight is 438 g/mol. The van der Waals surface area contributed by atoms with Crippen LogP contribution in [-0.4, -0.2) is 42.2 Å². The molecule has 162 valence electrons. The molecule has 3 aromatic rings. The van der Waals surface area contributed by atoms with Gasteiger partial charge in [-0.25, -0.2) is 4.79 Å². The normalized spacial score (nSPS) is 13.2. The summed E-state index contributed by atoms with van der Waals surface area (Å²) in [6.45, 7) is 3.02. The SMILES string of the molecule is Cl.O=C1N(CCCCCOc2ccc(-c3ccccc3)cc2)CCN1c1ccncc1. The molecule has 0 radical (unpaired) electrons. The minimum Gasteiger partial charge on any atom is -0.494 e. The summed E-state index contributed by atoms with van der Waals surface area (Å²) < 4.78 is 5.87. The Hall–Kier alpha value is -3.05. The van der Waals surface area contributed by atoms with Crippen molar-refractivity contribution >= 4 is 24.1 Å². The lowest BCUT2D eigenvalue weighted by atomic mass is 10.1. The van der Waals surface area contributed by atoms with Crippen LogP contribution in [0.25, 0.3) is 11.1 Å². The van der Waals surface area contributed by atoms with Crippen LogP contribution in [0.15, 0.2) is 79.1 Å². The average Bonchev–Trinajstić information content (AvgIpc) is 3.18. The monoisotopic (exact) mass is 437 g/mol. The molecule has 1 aromatic heterocycles. The predicted molar refractivity (Wildman–Crippen MR) is 127 cm³/mol. The van der Waals surface area contributed by atoms with Crippen LogP contribution >= 0.6 is 12.4 Å². The van der Waals surface area contributed by atoms with E-state index in [0.717, 1.165) is 50.3 Å². The van der Waals surface area contributed by atoms with E-state index in [1.165, 1.54) is 11.1 Å². The van der Waals surface area contributed by atoms with Crippen LogP contribution in [0.2, 0.25) is 0 Å². The zero-order valence-electron chi connectivity index (χ0n) is 17.5. The van der Waals surface area contributed by atoms with Crippen molar-refractivity contribution in [2.24, 2.45) is 0 Å². The highest BCUT2D eigenvalue weighted by atomic mass is 35.5. The first kappa shape index (κ1) is 22.6. The van der Waals surface area contributed by atoms with Gasteiger partial charge in [-0.2, -0.15) is 0 Å². The van der Waals surface area contributed by atoms with Crippen molar-refractivity contribution in [3.63, 3.8) is 0 Å². The van der Waals surface area contributed by atoms with E-state index >= 15 is 0 Å². The molecule has 2 amide bonds. The lowest BCUT2D eigenvalue weighted by Crippen LogP contribution is -2.32. The number of pyridine rings is 1. The van der Waals surface area contributed by atoms with E-state index in [-0.39, 0.29) is 18.4 Å². The Labute approximate surface area is 190 Å². The van der Waals surface area contributed by atoms with Gasteiger partial charge >= 0.3 is 6.03 Å². The minimum absolute atomic E-state index is 0. The molecule has 0 N–H and O–H groups in total. The van der Waals surface area contributed by atoms with Crippen molar-refractivity contribution in [3.8, 4) is 16.9 Å². The maximum atomic E-state index is 12.5. The molecule has 0 unspecified atom stereocenters. The van der Waals surface area contributed by atoms with Gasteiger partial charge in [0.1, 0.15) is 5.75 Å². The second-order valence-electron chi connectivity index (χ2n) is 7.43. The standard InChI is InChI=1S/C25H27N3O2.ClH/c29-25-27(18-19-28(25)23-13-15-26-16-14-23)17-5-2-6-20-30-24-11-9-22(10-12-24)21-7-3-1-4-8-21;/h1,3-4,7-16H,2,5-6,17-20H2;1H. The van der Waals surface area contributed by atoms with Crippen LogP contribution in [0.3, 0.4) is 0 Å². The third-order valence-electron chi connectivity index (χ3n) is 5.37. The van der Waals surface area contributed by atoms with Gasteiger partial charge in [-0.05, 0) is 54.7 Å². The highest BCUT2D eigenvalue weighted by molar-refractivity contribution is 5.94. The van der Waals surface area contributed by atoms with E-state index in [2.05, 4.69) is 29.2 Å². The minimum atomic E-state index is 0. The number of hydrogen-bond donors (Lipinski definition) is 0. The number of halogens is 1. The van der Waals surface area contributed by atoms with Crippen LogP contribution in [0, 0.1) is 0 Å². The number of unbranched alkanes of at least 4 members (excludes halogenated alkanes) is 2. The molecule has 4 rings (SSSR count). The number of anilines is 1. The van der Waals surface area contributed by atoms with Crippen molar-refractivity contribution in [1.82, 2.24) is 9.88 Å². The highest BCUT2D eigenvalue weighted by Crippen LogP contribution is 2.22. The number of aromatic nitrogens is 1. The molecule has 31 heavy (non-hydrogen) atoms. The number of amides is 2. The molecule has 0 aliphatic carbocycles. The summed E-state index contributed by atoms with van der Waals surface area (Å²) in [5, 5.41) is 0. The van der Waals surface area contributed by atoms with Gasteiger partial charge in [-0.3, -0.25) is 9.88 Å². The summed E-state index contributed by atoms with van der Waals surface area (Å²) >= 11 is 0. The summed E-state index contributed by atoms with van der Waals surface area (Å²) in [6.07, 6.45) is 6.46. The Kier molecular flexibility index (Phi) is 8.30. The maximum Gasteiger partial charge on any atom is 0.324 e. The van der Waals surface area contributed by atoms with Crippen LogP contribution in [0.5, 0.6) is 5.75 Å². The van der Waals surface area contributed by atoms with Crippen molar-refractivity contribution in [1.29, 1.82) is 0 Å². The number of ether oxygens (including phenoxy) is 1. The Balaban J connectivity index is 0.00000272. The van der Waals surface area contributed by atoms with Crippen LogP contribution in [0.4, 0.5) is 10.5 Å². The molecule has 2 aromatic carbocycles. The fourth-order valence-corrected chi connectivity index (χ4v) is 3.70. The van der Waals surface area contributed by atoms with Gasteiger partial charge in [0.05, 0.1) is 6.61 Å². The van der Waals surface area contributed by atoms with E-state index < -0.39 is 0 Å². The van der Waals surface area contributed by atoms with Gasteiger partial charge in [-0.15, -0.1) is 12.4 Å². The fraction of sp³-hybridized carbons (Fsp3) is 0.280. The molecule has 1 saturated heterocycles. The molecule has 1 aliphatic rings. The first-order valence-electron chi connectivity index (χ1n) is 10.6. The zero-order chi connectivity index (χ0) is 20.6. The number of hydrogen-bond acceptors (Lipinski definition) is 3.